The fourth-order valence-corrected chi connectivity index (χ4v) is 1.97. The summed E-state index contributed by atoms with van der Waals surface area (Å²) in [6.45, 7) is 6.00. The van der Waals surface area contributed by atoms with Crippen LogP contribution in [0.4, 0.5) is 4.39 Å². The summed E-state index contributed by atoms with van der Waals surface area (Å²) in [5.74, 6) is -1.02. The molecule has 0 unspecified atom stereocenters. The lowest BCUT2D eigenvalue weighted by atomic mass is 9.98. The zero-order valence-electron chi connectivity index (χ0n) is 12.3. The first-order valence-electron chi connectivity index (χ1n) is 6.81. The Morgan fingerprint density at radius 2 is 1.86 bits per heavy atom. The van der Waals surface area contributed by atoms with Gasteiger partial charge in [0.05, 0.1) is 5.71 Å². The van der Waals surface area contributed by atoms with Gasteiger partial charge in [0.1, 0.15) is 5.82 Å². The van der Waals surface area contributed by atoms with Crippen LogP contribution in [0.15, 0.2) is 67.3 Å². The molecule has 0 aliphatic heterocycles. The number of benzene rings is 1. The molecule has 0 radical (unpaired) electrons. The summed E-state index contributed by atoms with van der Waals surface area (Å²) in [7, 11) is 0. The number of carbonyl (C=O) groups excluding carboxylic acids is 1. The van der Waals surface area contributed by atoms with Gasteiger partial charge in [-0.1, -0.05) is 30.4 Å². The van der Waals surface area contributed by atoms with Crippen LogP contribution in [0.5, 0.6) is 0 Å². The molecule has 0 aromatic heterocycles. The molecule has 0 saturated heterocycles. The second kappa shape index (κ2) is 8.52. The van der Waals surface area contributed by atoms with E-state index in [2.05, 4.69) is 13.2 Å². The van der Waals surface area contributed by atoms with Crippen LogP contribution in [0.25, 0.3) is 5.57 Å². The molecule has 1 aliphatic carbocycles. The smallest absolute Gasteiger partial charge is 0.249 e. The molecule has 1 aromatic rings. The topological polar surface area (TPSA) is 66.9 Å². The van der Waals surface area contributed by atoms with Crippen molar-refractivity contribution in [2.45, 2.75) is 12.8 Å². The Labute approximate surface area is 129 Å². The van der Waals surface area contributed by atoms with E-state index >= 15 is 0 Å². The molecule has 0 bridgehead atoms. The highest BCUT2D eigenvalue weighted by atomic mass is 19.1. The van der Waals surface area contributed by atoms with Gasteiger partial charge in [0, 0.05) is 5.57 Å². The van der Waals surface area contributed by atoms with Crippen molar-refractivity contribution in [2.24, 2.45) is 5.73 Å². The summed E-state index contributed by atoms with van der Waals surface area (Å²) in [5.41, 5.74) is 7.04. The van der Waals surface area contributed by atoms with E-state index in [1.165, 1.54) is 30.3 Å². The summed E-state index contributed by atoms with van der Waals surface area (Å²) < 4.78 is 12.9. The Balaban J connectivity index is 0.00000116. The first-order valence-corrected chi connectivity index (χ1v) is 6.81. The highest BCUT2D eigenvalue weighted by Crippen LogP contribution is 2.18. The van der Waals surface area contributed by atoms with Crippen molar-refractivity contribution in [2.75, 3.05) is 0 Å². The lowest BCUT2D eigenvalue weighted by molar-refractivity contribution is -0.112. The molecule has 4 heteroatoms. The van der Waals surface area contributed by atoms with Gasteiger partial charge in [-0.3, -0.25) is 4.79 Å². The fourth-order valence-electron chi connectivity index (χ4n) is 1.97. The summed E-state index contributed by atoms with van der Waals surface area (Å²) in [6.07, 6.45) is 9.05. The summed E-state index contributed by atoms with van der Waals surface area (Å²) >= 11 is 0. The van der Waals surface area contributed by atoms with Gasteiger partial charge in [0.15, 0.2) is 0 Å². The van der Waals surface area contributed by atoms with Crippen molar-refractivity contribution in [3.8, 4) is 0 Å². The standard InChI is InChI=1S/C16H15FN2O.C2H4/c17-13-8-6-11(7-9-13)14(16(19)20)10-15(18)12-4-2-1-3-5-12;1-2/h2,4-10,18H,1,3H2,(H2,19,20);1-2H2/b14-10-,18-15?;. The fraction of sp³-hybridized carbons (Fsp3) is 0.111. The van der Waals surface area contributed by atoms with E-state index in [9.17, 15) is 9.18 Å². The second-order valence-corrected chi connectivity index (χ2v) is 4.48. The lowest BCUT2D eigenvalue weighted by Crippen LogP contribution is -2.14. The van der Waals surface area contributed by atoms with Crippen LogP contribution in [0.1, 0.15) is 18.4 Å². The molecule has 0 saturated carbocycles. The minimum Gasteiger partial charge on any atom is -0.366 e. The van der Waals surface area contributed by atoms with Gasteiger partial charge >= 0.3 is 0 Å². The largest absolute Gasteiger partial charge is 0.366 e. The molecular weight excluding hydrogens is 279 g/mol. The average molecular weight is 298 g/mol. The molecule has 1 aromatic carbocycles. The highest BCUT2D eigenvalue weighted by molar-refractivity contribution is 6.26. The van der Waals surface area contributed by atoms with Gasteiger partial charge in [-0.25, -0.2) is 4.39 Å². The van der Waals surface area contributed by atoms with Crippen LogP contribution in [-0.2, 0) is 4.79 Å². The number of hydrogen-bond acceptors (Lipinski definition) is 2. The summed E-state index contributed by atoms with van der Waals surface area (Å²) in [6, 6.07) is 5.47. The van der Waals surface area contributed by atoms with E-state index in [1.807, 2.05) is 18.2 Å². The van der Waals surface area contributed by atoms with Gasteiger partial charge in [0.25, 0.3) is 0 Å². The Morgan fingerprint density at radius 1 is 1.23 bits per heavy atom. The number of allylic oxidation sites excluding steroid dienone is 5. The Bertz CT molecular complexity index is 640. The zero-order chi connectivity index (χ0) is 16.5. The molecule has 22 heavy (non-hydrogen) atoms. The van der Waals surface area contributed by atoms with E-state index in [-0.39, 0.29) is 17.1 Å². The van der Waals surface area contributed by atoms with Crippen LogP contribution in [0, 0.1) is 11.2 Å². The van der Waals surface area contributed by atoms with Crippen molar-refractivity contribution in [3.05, 3.63) is 78.7 Å². The van der Waals surface area contributed by atoms with E-state index in [4.69, 9.17) is 11.1 Å². The average Bonchev–Trinajstić information content (AvgIpc) is 2.56. The van der Waals surface area contributed by atoms with Gasteiger partial charge in [-0.2, -0.15) is 0 Å². The third-order valence-corrected chi connectivity index (χ3v) is 3.02. The molecular formula is C18H19FN2O. The predicted octanol–water partition coefficient (Wildman–Crippen LogP) is 3.79. The maximum atomic E-state index is 12.9. The minimum atomic E-state index is -0.637. The number of rotatable bonds is 4. The van der Waals surface area contributed by atoms with Crippen LogP contribution in [-0.4, -0.2) is 11.6 Å². The quantitative estimate of drug-likeness (QED) is 0.495. The van der Waals surface area contributed by atoms with Crippen LogP contribution >= 0.6 is 0 Å². The van der Waals surface area contributed by atoms with Gasteiger partial charge in [-0.15, -0.1) is 13.2 Å². The lowest BCUT2D eigenvalue weighted by Gasteiger charge is -2.08. The van der Waals surface area contributed by atoms with E-state index in [1.54, 1.807) is 0 Å². The first kappa shape index (κ1) is 17.3. The Morgan fingerprint density at radius 3 is 2.36 bits per heavy atom. The van der Waals surface area contributed by atoms with Crippen molar-refractivity contribution in [1.29, 1.82) is 5.41 Å². The van der Waals surface area contributed by atoms with E-state index in [0.29, 0.717) is 5.56 Å². The maximum absolute atomic E-state index is 12.9. The third kappa shape index (κ3) is 4.66. The number of amides is 1. The number of nitrogens with two attached hydrogens (primary N) is 1. The van der Waals surface area contributed by atoms with Crippen LogP contribution in [0.3, 0.4) is 0 Å². The molecule has 0 spiro atoms. The molecule has 0 heterocycles. The zero-order valence-corrected chi connectivity index (χ0v) is 12.3. The number of primary amides is 1. The highest BCUT2D eigenvalue weighted by Gasteiger charge is 2.11. The molecule has 3 nitrogen and oxygen atoms in total. The molecule has 114 valence electrons. The summed E-state index contributed by atoms with van der Waals surface area (Å²) in [5, 5.41) is 8.02. The first-order chi connectivity index (χ1) is 10.6. The van der Waals surface area contributed by atoms with Crippen molar-refractivity contribution in [3.63, 3.8) is 0 Å². The normalized spacial score (nSPS) is 13.7. The van der Waals surface area contributed by atoms with E-state index in [0.717, 1.165) is 18.4 Å². The van der Waals surface area contributed by atoms with Crippen molar-refractivity contribution in [1.82, 2.24) is 0 Å². The van der Waals surface area contributed by atoms with E-state index < -0.39 is 5.91 Å². The maximum Gasteiger partial charge on any atom is 0.249 e. The second-order valence-electron chi connectivity index (χ2n) is 4.48. The van der Waals surface area contributed by atoms with Gasteiger partial charge in [-0.05, 0) is 42.2 Å². The van der Waals surface area contributed by atoms with Crippen molar-refractivity contribution < 1.29 is 9.18 Å². The number of nitrogens with one attached hydrogen (secondary N) is 1. The SMILES string of the molecule is C=C.N=C(/C=C(\C(N)=O)c1ccc(F)cc1)C1=CCCC=C1. The number of carbonyl (C=O) groups is 1. The van der Waals surface area contributed by atoms with Crippen molar-refractivity contribution >= 4 is 17.2 Å². The number of hydrogen-bond donors (Lipinski definition) is 2. The predicted molar refractivity (Wildman–Crippen MR) is 89.0 cm³/mol. The van der Waals surface area contributed by atoms with Gasteiger partial charge in [0.2, 0.25) is 5.91 Å². The Hall–Kier alpha value is -2.75. The molecule has 2 rings (SSSR count). The summed E-state index contributed by atoms with van der Waals surface area (Å²) in [4.78, 5) is 11.5. The minimum absolute atomic E-state index is 0.204. The van der Waals surface area contributed by atoms with Gasteiger partial charge < -0.3 is 11.1 Å². The molecule has 1 amide bonds. The molecule has 3 N–H and O–H groups in total. The van der Waals surface area contributed by atoms with Crippen LogP contribution in [0.2, 0.25) is 0 Å². The number of halogens is 1. The van der Waals surface area contributed by atoms with Crippen LogP contribution < -0.4 is 5.73 Å². The molecule has 0 atom stereocenters. The molecule has 0 fully saturated rings. The Kier molecular flexibility index (Phi) is 6.70. The monoisotopic (exact) mass is 298 g/mol. The third-order valence-electron chi connectivity index (χ3n) is 3.02. The molecule has 1 aliphatic rings.